The molecule has 0 saturated carbocycles. The quantitative estimate of drug-likeness (QED) is 0.288. The van der Waals surface area contributed by atoms with Crippen LogP contribution in [-0.4, -0.2) is 83.7 Å². The molecule has 7 rings (SSSR count). The number of aromatic nitrogens is 1. The van der Waals surface area contributed by atoms with Crippen LogP contribution in [0, 0.1) is 11.8 Å². The molecule has 3 aromatic rings. The van der Waals surface area contributed by atoms with Gasteiger partial charge in [-0.05, 0) is 42.4 Å². The molecule has 4 heterocycles. The Morgan fingerprint density at radius 1 is 1.08 bits per heavy atom. The number of aliphatic hydroxyl groups excluding tert-OH is 1. The maximum absolute atomic E-state index is 14.4. The summed E-state index contributed by atoms with van der Waals surface area (Å²) in [5.41, 5.74) is -0.702. The largest absolute Gasteiger partial charge is 0.507 e. The third kappa shape index (κ3) is 6.17. The number of thioether (sulfide) groups is 1. The number of ketones is 2. The van der Waals surface area contributed by atoms with Gasteiger partial charge >= 0.3 is 0 Å². The van der Waals surface area contributed by atoms with Gasteiger partial charge in [0.05, 0.1) is 20.8 Å². The summed E-state index contributed by atoms with van der Waals surface area (Å²) in [6.45, 7) is 2.82. The van der Waals surface area contributed by atoms with E-state index in [9.17, 15) is 29.1 Å². The number of benzene rings is 2. The van der Waals surface area contributed by atoms with Crippen molar-refractivity contribution in [1.29, 1.82) is 0 Å². The molecular formula is C39H40ClN3O9S. The van der Waals surface area contributed by atoms with Gasteiger partial charge in [-0.1, -0.05) is 36.7 Å². The van der Waals surface area contributed by atoms with Crippen LogP contribution in [0.2, 0.25) is 5.02 Å². The Bertz CT molecular complexity index is 2120. The van der Waals surface area contributed by atoms with Gasteiger partial charge in [-0.2, -0.15) is 0 Å². The minimum absolute atomic E-state index is 0.00989. The Hall–Kier alpha value is -4.75. The molecule has 2 bridgehead atoms. The highest BCUT2D eigenvalue weighted by Crippen LogP contribution is 2.56. The first-order valence-corrected chi connectivity index (χ1v) is 19.0. The molecule has 1 aromatic heterocycles. The van der Waals surface area contributed by atoms with Crippen LogP contribution < -0.4 is 25.1 Å². The number of rotatable bonds is 9. The van der Waals surface area contributed by atoms with Gasteiger partial charge in [-0.15, -0.1) is 11.8 Å². The van der Waals surface area contributed by atoms with E-state index < -0.39 is 40.7 Å². The van der Waals surface area contributed by atoms with Crippen LogP contribution in [0.1, 0.15) is 59.6 Å². The van der Waals surface area contributed by atoms with Crippen LogP contribution in [0.15, 0.2) is 69.6 Å². The number of pyridine rings is 1. The van der Waals surface area contributed by atoms with Gasteiger partial charge in [-0.25, -0.2) is 0 Å². The zero-order valence-corrected chi connectivity index (χ0v) is 31.3. The highest BCUT2D eigenvalue weighted by atomic mass is 35.5. The summed E-state index contributed by atoms with van der Waals surface area (Å²) in [7, 11) is 2.79. The average Bonchev–Trinajstić information content (AvgIpc) is 3.47. The Labute approximate surface area is 315 Å². The highest BCUT2D eigenvalue weighted by molar-refractivity contribution is 7.98. The third-order valence-corrected chi connectivity index (χ3v) is 12.1. The molecule has 2 N–H and O–H groups in total. The number of nitrogens with one attached hydrogen (secondary N) is 1. The first-order chi connectivity index (χ1) is 25.4. The molecule has 5 unspecified atom stereocenters. The van der Waals surface area contributed by atoms with Gasteiger partial charge in [0.2, 0.25) is 23.2 Å². The number of aliphatic hydroxyl groups is 1. The van der Waals surface area contributed by atoms with Crippen molar-refractivity contribution in [1.82, 2.24) is 14.8 Å². The molecule has 1 aliphatic carbocycles. The number of hydrogen-bond donors (Lipinski definition) is 2. The Balaban J connectivity index is 1.17. The van der Waals surface area contributed by atoms with Crippen LogP contribution in [0.5, 0.6) is 17.2 Å². The number of piperidine rings is 1. The Morgan fingerprint density at radius 3 is 2.51 bits per heavy atom. The smallest absolute Gasteiger partial charge is 0.250 e. The fraction of sp³-hybridized carbons (Fsp3) is 0.410. The molecule has 2 aromatic carbocycles. The average molecular weight is 762 g/mol. The second kappa shape index (κ2) is 14.2. The fourth-order valence-electron chi connectivity index (χ4n) is 8.40. The number of carbonyl (C=O) groups excluding carboxylic acids is 4. The molecule has 14 heteroatoms. The molecule has 12 nitrogen and oxygen atoms in total. The van der Waals surface area contributed by atoms with Crippen LogP contribution >= 0.6 is 23.4 Å². The number of ether oxygens (including phenoxy) is 3. The van der Waals surface area contributed by atoms with Crippen LogP contribution in [0.3, 0.4) is 0 Å². The summed E-state index contributed by atoms with van der Waals surface area (Å²) in [4.78, 5) is 70.6. The van der Waals surface area contributed by atoms with E-state index in [-0.39, 0.29) is 76.1 Å². The maximum Gasteiger partial charge on any atom is 0.250 e. The zero-order valence-electron chi connectivity index (χ0n) is 29.8. The van der Waals surface area contributed by atoms with Crippen molar-refractivity contribution in [3.63, 3.8) is 0 Å². The highest BCUT2D eigenvalue weighted by Gasteiger charge is 2.61. The lowest BCUT2D eigenvalue weighted by Gasteiger charge is -2.42. The second-order valence-electron chi connectivity index (χ2n) is 14.1. The molecule has 0 radical (unpaired) electrons. The van der Waals surface area contributed by atoms with Gasteiger partial charge in [0.25, 0.3) is 5.56 Å². The number of amides is 2. The molecule has 1 spiro atoms. The van der Waals surface area contributed by atoms with Gasteiger partial charge < -0.3 is 34.1 Å². The predicted molar refractivity (Wildman–Crippen MR) is 197 cm³/mol. The minimum atomic E-state index is -2.02. The normalized spacial score (nSPS) is 23.6. The van der Waals surface area contributed by atoms with Crippen molar-refractivity contribution < 1.29 is 38.5 Å². The number of carbonyl (C=O) groups is 4. The fourth-order valence-corrected chi connectivity index (χ4v) is 9.08. The number of nitrogens with zero attached hydrogens (tertiary/aromatic N) is 2. The summed E-state index contributed by atoms with van der Waals surface area (Å²) in [6, 6.07) is 13.9. The van der Waals surface area contributed by atoms with Crippen LogP contribution in [0.4, 0.5) is 0 Å². The van der Waals surface area contributed by atoms with E-state index in [1.807, 2.05) is 24.5 Å². The molecular weight excluding hydrogens is 722 g/mol. The van der Waals surface area contributed by atoms with Gasteiger partial charge in [0, 0.05) is 78.5 Å². The van der Waals surface area contributed by atoms with Crippen molar-refractivity contribution >= 4 is 46.7 Å². The zero-order chi connectivity index (χ0) is 37.8. The minimum Gasteiger partial charge on any atom is -0.507 e. The molecule has 3 aliphatic heterocycles. The van der Waals surface area contributed by atoms with Gasteiger partial charge in [-0.3, -0.25) is 24.0 Å². The lowest BCUT2D eigenvalue weighted by Crippen LogP contribution is -2.53. The van der Waals surface area contributed by atoms with E-state index in [0.29, 0.717) is 25.2 Å². The SMILES string of the molecule is COc1cc(OC)c2c(c1Cl)OC1(C2=O)C(O)=C(C(CC(=O)NCC(=O)N2CC3CC(C2)c2cccc(=O)n2C3)c2ccc(SC)cc2)C(=O)CC1C. The molecule has 5 atom stereocenters. The molecule has 2 amide bonds. The molecule has 278 valence electrons. The molecule has 53 heavy (non-hydrogen) atoms. The van der Waals surface area contributed by atoms with Crippen molar-refractivity contribution in [2.24, 2.45) is 11.8 Å². The first-order valence-electron chi connectivity index (χ1n) is 17.4. The van der Waals surface area contributed by atoms with E-state index in [2.05, 4.69) is 5.32 Å². The second-order valence-corrected chi connectivity index (χ2v) is 15.3. The standard InChI is InChI=1S/C39H40ClN3O9S/c1-20-12-27(44)33(37(48)39(20)38(49)34-28(50-2)15-29(51-3)35(40)36(34)52-39)25(22-8-10-24(53-4)11-9-22)14-30(45)41-16-32(47)42-17-21-13-23(19-42)26-6-5-7-31(46)43(26)18-21/h5-11,15,20-21,23,25,48H,12-14,16-19H2,1-4H3,(H,41,45). The van der Waals surface area contributed by atoms with E-state index in [1.165, 1.54) is 32.0 Å². The van der Waals surface area contributed by atoms with Gasteiger partial charge in [0.1, 0.15) is 22.1 Å². The van der Waals surface area contributed by atoms with Crippen molar-refractivity contribution in [3.8, 4) is 17.2 Å². The number of fused-ring (bicyclic) bond motifs is 5. The molecule has 4 aliphatic rings. The number of halogens is 1. The summed E-state index contributed by atoms with van der Waals surface area (Å²) in [5.74, 6) is -3.81. The van der Waals surface area contributed by atoms with E-state index >= 15 is 0 Å². The van der Waals surface area contributed by atoms with Crippen LogP contribution in [0.25, 0.3) is 0 Å². The summed E-state index contributed by atoms with van der Waals surface area (Å²) in [6.07, 6.45) is 2.34. The van der Waals surface area contributed by atoms with Crippen LogP contribution in [-0.2, 0) is 20.9 Å². The number of methoxy groups -OCH3 is 2. The van der Waals surface area contributed by atoms with Crippen molar-refractivity contribution in [3.05, 3.63) is 92.1 Å². The Morgan fingerprint density at radius 2 is 1.81 bits per heavy atom. The van der Waals surface area contributed by atoms with E-state index in [0.717, 1.165) is 17.0 Å². The summed E-state index contributed by atoms with van der Waals surface area (Å²) in [5, 5.41) is 14.9. The number of Topliss-reactive ketones (excluding diaryl/α,β-unsaturated/α-hetero) is 2. The third-order valence-electron chi connectivity index (χ3n) is 11.0. The van der Waals surface area contributed by atoms with Crippen molar-refractivity contribution in [2.75, 3.05) is 40.1 Å². The monoisotopic (exact) mass is 761 g/mol. The summed E-state index contributed by atoms with van der Waals surface area (Å²) >= 11 is 8.14. The lowest BCUT2D eigenvalue weighted by atomic mass is 9.69. The summed E-state index contributed by atoms with van der Waals surface area (Å²) < 4.78 is 19.0. The van der Waals surface area contributed by atoms with E-state index in [1.54, 1.807) is 40.7 Å². The van der Waals surface area contributed by atoms with E-state index in [4.69, 9.17) is 25.8 Å². The number of likely N-dealkylation sites (tertiary alicyclic amines) is 1. The molecule has 1 fully saturated rings. The Kier molecular flexibility index (Phi) is 9.83. The predicted octanol–water partition coefficient (Wildman–Crippen LogP) is 4.91. The molecule has 1 saturated heterocycles. The first kappa shape index (κ1) is 36.6. The lowest BCUT2D eigenvalue weighted by molar-refractivity contribution is -0.135. The maximum atomic E-state index is 14.4. The number of allylic oxidation sites excluding steroid dienone is 1. The van der Waals surface area contributed by atoms with Crippen molar-refractivity contribution in [2.45, 2.75) is 55.1 Å². The topological polar surface area (TPSA) is 153 Å². The van der Waals surface area contributed by atoms with Gasteiger partial charge in [0.15, 0.2) is 17.3 Å². The number of hydrogen-bond acceptors (Lipinski definition) is 10.